The van der Waals surface area contributed by atoms with Gasteiger partial charge in [-0.3, -0.25) is 9.59 Å². The van der Waals surface area contributed by atoms with Gasteiger partial charge < -0.3 is 24.4 Å². The van der Waals surface area contributed by atoms with Gasteiger partial charge in [-0.25, -0.2) is 4.79 Å². The number of hydrogen-bond donors (Lipinski definition) is 1. The Kier molecular flexibility index (Phi) is 7.39. The molecule has 28 heavy (non-hydrogen) atoms. The van der Waals surface area contributed by atoms with Crippen LogP contribution in [0.1, 0.15) is 38.1 Å². The molecule has 1 heterocycles. The summed E-state index contributed by atoms with van der Waals surface area (Å²) in [6.45, 7) is 8.23. The molecule has 8 heteroatoms. The van der Waals surface area contributed by atoms with Crippen molar-refractivity contribution in [2.75, 3.05) is 32.8 Å². The molecule has 0 bridgehead atoms. The number of carbonyl (C=O) groups is 3. The Labute approximate surface area is 165 Å². The fourth-order valence-electron chi connectivity index (χ4n) is 2.60. The predicted molar refractivity (Wildman–Crippen MR) is 102 cm³/mol. The first kappa shape index (κ1) is 21.7. The highest BCUT2D eigenvalue weighted by Gasteiger charge is 2.25. The molecule has 1 fully saturated rings. The summed E-state index contributed by atoms with van der Waals surface area (Å²) in [4.78, 5) is 37.1. The molecule has 0 spiro atoms. The van der Waals surface area contributed by atoms with Crippen LogP contribution in [-0.2, 0) is 14.3 Å². The second kappa shape index (κ2) is 9.54. The first-order valence-electron chi connectivity index (χ1n) is 9.24. The highest BCUT2D eigenvalue weighted by molar-refractivity contribution is 5.94. The third-order valence-corrected chi connectivity index (χ3v) is 3.99. The first-order valence-corrected chi connectivity index (χ1v) is 9.24. The summed E-state index contributed by atoms with van der Waals surface area (Å²) in [6, 6.07) is 6.65. The Balaban J connectivity index is 1.77. The summed E-state index contributed by atoms with van der Waals surface area (Å²) in [5, 5.41) is 2.66. The third-order valence-electron chi connectivity index (χ3n) is 3.99. The van der Waals surface area contributed by atoms with E-state index in [-0.39, 0.29) is 30.9 Å². The van der Waals surface area contributed by atoms with Crippen LogP contribution in [-0.4, -0.2) is 67.2 Å². The van der Waals surface area contributed by atoms with E-state index in [4.69, 9.17) is 14.2 Å². The lowest BCUT2D eigenvalue weighted by Crippen LogP contribution is -2.51. The highest BCUT2D eigenvalue weighted by atomic mass is 16.6. The van der Waals surface area contributed by atoms with Crippen LogP contribution < -0.4 is 10.1 Å². The maximum Gasteiger partial charge on any atom is 0.407 e. The molecule has 2 rings (SSSR count). The zero-order chi connectivity index (χ0) is 20.7. The van der Waals surface area contributed by atoms with Crippen molar-refractivity contribution >= 4 is 17.8 Å². The number of nitrogens with zero attached hydrogens (tertiary/aromatic N) is 1. The van der Waals surface area contributed by atoms with Crippen molar-refractivity contribution in [1.29, 1.82) is 0 Å². The molecule has 1 aromatic carbocycles. The number of morpholine rings is 1. The van der Waals surface area contributed by atoms with Crippen molar-refractivity contribution in [2.24, 2.45) is 0 Å². The van der Waals surface area contributed by atoms with Crippen LogP contribution >= 0.6 is 0 Å². The summed E-state index contributed by atoms with van der Waals surface area (Å²) in [6.07, 6.45) is -0.822. The maximum atomic E-state index is 12.4. The number of Topliss-reactive ketones (excluding diaryl/α,β-unsaturated/α-hetero) is 1. The zero-order valence-electron chi connectivity index (χ0n) is 16.8. The number of ether oxygens (including phenoxy) is 3. The number of carbonyl (C=O) groups excluding carboxylic acids is 3. The SMILES string of the molecule is CC(=O)c1ccc(OCC(=O)N2CCO[C@@H](CNC(=O)OC(C)(C)C)C2)cc1. The highest BCUT2D eigenvalue weighted by Crippen LogP contribution is 2.13. The second-order valence-corrected chi connectivity index (χ2v) is 7.58. The summed E-state index contributed by atoms with van der Waals surface area (Å²) in [7, 11) is 0. The van der Waals surface area contributed by atoms with E-state index in [1.54, 1.807) is 49.9 Å². The summed E-state index contributed by atoms with van der Waals surface area (Å²) in [5.74, 6) is 0.331. The number of rotatable bonds is 6. The fraction of sp³-hybridized carbons (Fsp3) is 0.550. The normalized spacial score (nSPS) is 17.0. The Morgan fingerprint density at radius 2 is 1.89 bits per heavy atom. The maximum absolute atomic E-state index is 12.4. The average molecular weight is 392 g/mol. The Morgan fingerprint density at radius 3 is 2.50 bits per heavy atom. The van der Waals surface area contributed by atoms with E-state index in [1.165, 1.54) is 6.92 Å². The van der Waals surface area contributed by atoms with Gasteiger partial charge in [-0.05, 0) is 52.0 Å². The lowest BCUT2D eigenvalue weighted by Gasteiger charge is -2.33. The molecule has 2 amide bonds. The van der Waals surface area contributed by atoms with Crippen LogP contribution in [0.5, 0.6) is 5.75 Å². The van der Waals surface area contributed by atoms with E-state index in [0.29, 0.717) is 31.0 Å². The van der Waals surface area contributed by atoms with E-state index in [1.807, 2.05) is 0 Å². The largest absolute Gasteiger partial charge is 0.484 e. The van der Waals surface area contributed by atoms with E-state index < -0.39 is 11.7 Å². The van der Waals surface area contributed by atoms with E-state index in [2.05, 4.69) is 5.32 Å². The molecular weight excluding hydrogens is 364 g/mol. The summed E-state index contributed by atoms with van der Waals surface area (Å²) < 4.78 is 16.3. The molecule has 8 nitrogen and oxygen atoms in total. The molecule has 1 aliphatic heterocycles. The quantitative estimate of drug-likeness (QED) is 0.745. The molecule has 0 radical (unpaired) electrons. The molecule has 0 unspecified atom stereocenters. The fourth-order valence-corrected chi connectivity index (χ4v) is 2.60. The van der Waals surface area contributed by atoms with Crippen LogP contribution in [0.25, 0.3) is 0 Å². The van der Waals surface area contributed by atoms with Gasteiger partial charge in [-0.1, -0.05) is 0 Å². The monoisotopic (exact) mass is 392 g/mol. The minimum absolute atomic E-state index is 0.0259. The van der Waals surface area contributed by atoms with Crippen molar-refractivity contribution in [2.45, 2.75) is 39.4 Å². The van der Waals surface area contributed by atoms with Crippen molar-refractivity contribution in [3.8, 4) is 5.75 Å². The molecule has 1 N–H and O–H groups in total. The topological polar surface area (TPSA) is 94.2 Å². The van der Waals surface area contributed by atoms with E-state index in [9.17, 15) is 14.4 Å². The Bertz CT molecular complexity index is 696. The van der Waals surface area contributed by atoms with Gasteiger partial charge in [0.05, 0.1) is 12.7 Å². The Morgan fingerprint density at radius 1 is 1.21 bits per heavy atom. The number of nitrogens with one attached hydrogen (secondary N) is 1. The van der Waals surface area contributed by atoms with Gasteiger partial charge >= 0.3 is 6.09 Å². The van der Waals surface area contributed by atoms with Crippen molar-refractivity contribution in [3.05, 3.63) is 29.8 Å². The van der Waals surface area contributed by atoms with Crippen LogP contribution in [0, 0.1) is 0 Å². The lowest BCUT2D eigenvalue weighted by molar-refractivity contribution is -0.140. The first-order chi connectivity index (χ1) is 13.1. The van der Waals surface area contributed by atoms with Crippen LogP contribution in [0.15, 0.2) is 24.3 Å². The van der Waals surface area contributed by atoms with Gasteiger partial charge in [0.15, 0.2) is 12.4 Å². The lowest BCUT2D eigenvalue weighted by atomic mass is 10.1. The van der Waals surface area contributed by atoms with Crippen LogP contribution in [0.2, 0.25) is 0 Å². The number of hydrogen-bond acceptors (Lipinski definition) is 6. The number of ketones is 1. The molecule has 1 aliphatic rings. The molecule has 0 saturated carbocycles. The molecule has 1 aromatic rings. The van der Waals surface area contributed by atoms with Gasteiger partial charge in [0.1, 0.15) is 11.4 Å². The van der Waals surface area contributed by atoms with Gasteiger partial charge in [0.25, 0.3) is 5.91 Å². The van der Waals surface area contributed by atoms with Crippen LogP contribution in [0.4, 0.5) is 4.79 Å². The molecule has 0 aliphatic carbocycles. The number of alkyl carbamates (subject to hydrolysis) is 1. The van der Waals surface area contributed by atoms with Crippen molar-refractivity contribution in [1.82, 2.24) is 10.2 Å². The summed E-state index contributed by atoms with van der Waals surface area (Å²) in [5.41, 5.74) is 0.0200. The van der Waals surface area contributed by atoms with Crippen molar-refractivity contribution in [3.63, 3.8) is 0 Å². The van der Waals surface area contributed by atoms with Gasteiger partial charge in [-0.15, -0.1) is 0 Å². The molecular formula is C20H28N2O6. The smallest absolute Gasteiger partial charge is 0.407 e. The number of amides is 2. The average Bonchev–Trinajstić information content (AvgIpc) is 2.63. The molecule has 1 saturated heterocycles. The standard InChI is InChI=1S/C20H28N2O6/c1-14(23)15-5-7-16(8-6-15)27-13-18(24)22-9-10-26-17(12-22)11-21-19(25)28-20(2,3)4/h5-8,17H,9-13H2,1-4H3,(H,21,25)/t17-/m0/s1. The van der Waals surface area contributed by atoms with Crippen molar-refractivity contribution < 1.29 is 28.6 Å². The van der Waals surface area contributed by atoms with Crippen LogP contribution in [0.3, 0.4) is 0 Å². The van der Waals surface area contributed by atoms with E-state index >= 15 is 0 Å². The third kappa shape index (κ3) is 7.19. The summed E-state index contributed by atoms with van der Waals surface area (Å²) >= 11 is 0. The van der Waals surface area contributed by atoms with Gasteiger partial charge in [0.2, 0.25) is 0 Å². The van der Waals surface area contributed by atoms with E-state index in [0.717, 1.165) is 0 Å². The minimum atomic E-state index is -0.570. The number of benzene rings is 1. The van der Waals surface area contributed by atoms with Gasteiger partial charge in [0, 0.05) is 25.2 Å². The molecule has 1 atom stereocenters. The molecule has 0 aromatic heterocycles. The molecule has 154 valence electrons. The zero-order valence-corrected chi connectivity index (χ0v) is 16.8. The Hall–Kier alpha value is -2.61. The van der Waals surface area contributed by atoms with Gasteiger partial charge in [-0.2, -0.15) is 0 Å². The predicted octanol–water partition coefficient (Wildman–Crippen LogP) is 2.02. The minimum Gasteiger partial charge on any atom is -0.484 e. The second-order valence-electron chi connectivity index (χ2n) is 7.58.